The van der Waals surface area contributed by atoms with Crippen LogP contribution in [0, 0.1) is 6.92 Å². The van der Waals surface area contributed by atoms with Gasteiger partial charge in [0.1, 0.15) is 5.82 Å². The zero-order chi connectivity index (χ0) is 28.9. The standard InChI is InChI=1S/C37H29N5O/c1-26-21-22-38-37(23-26)41-33-16-7-6-15-31(33)32-20-19-29(25-36(32)41)40(27-11-4-3-5-12-27)28-13-10-14-30(24-28)42-35-18-9-8-17-34(35)39(2)43-42/h3-25H,1-2H3. The Bertz CT molecular complexity index is 2120. The molecule has 1 aliphatic heterocycles. The van der Waals surface area contributed by atoms with Crippen LogP contribution < -0.4 is 15.0 Å². The molecule has 8 rings (SSSR count). The summed E-state index contributed by atoms with van der Waals surface area (Å²) < 4.78 is 2.27. The topological polar surface area (TPSA) is 36.8 Å². The first-order valence-electron chi connectivity index (χ1n) is 14.4. The second-order valence-electron chi connectivity index (χ2n) is 10.8. The first kappa shape index (κ1) is 25.1. The van der Waals surface area contributed by atoms with Crippen molar-refractivity contribution in [3.8, 4) is 5.82 Å². The van der Waals surface area contributed by atoms with Gasteiger partial charge in [-0.25, -0.2) is 10.0 Å². The Balaban J connectivity index is 1.32. The number of aromatic nitrogens is 2. The zero-order valence-corrected chi connectivity index (χ0v) is 23.9. The van der Waals surface area contributed by atoms with Crippen molar-refractivity contribution in [3.05, 3.63) is 145 Å². The summed E-state index contributed by atoms with van der Waals surface area (Å²) in [5, 5.41) is 6.07. The van der Waals surface area contributed by atoms with Gasteiger partial charge in [-0.2, -0.15) is 5.06 Å². The van der Waals surface area contributed by atoms with Gasteiger partial charge in [0.2, 0.25) is 0 Å². The maximum atomic E-state index is 6.17. The van der Waals surface area contributed by atoms with E-state index in [4.69, 9.17) is 9.92 Å². The van der Waals surface area contributed by atoms with E-state index < -0.39 is 0 Å². The molecule has 2 aromatic heterocycles. The van der Waals surface area contributed by atoms with E-state index in [0.717, 1.165) is 51.0 Å². The number of fused-ring (bicyclic) bond motifs is 4. The molecule has 7 aromatic rings. The van der Waals surface area contributed by atoms with Crippen LogP contribution in [-0.4, -0.2) is 16.6 Å². The molecule has 0 saturated heterocycles. The Morgan fingerprint density at radius 2 is 1.33 bits per heavy atom. The van der Waals surface area contributed by atoms with Crippen LogP contribution in [0.3, 0.4) is 0 Å². The molecule has 6 nitrogen and oxygen atoms in total. The molecular formula is C37H29N5O. The van der Waals surface area contributed by atoms with E-state index in [9.17, 15) is 0 Å². The summed E-state index contributed by atoms with van der Waals surface area (Å²) >= 11 is 0. The summed E-state index contributed by atoms with van der Waals surface area (Å²) in [7, 11) is 1.93. The monoisotopic (exact) mass is 559 g/mol. The molecular weight excluding hydrogens is 530 g/mol. The lowest BCUT2D eigenvalue weighted by Crippen LogP contribution is -2.21. The van der Waals surface area contributed by atoms with Crippen LogP contribution >= 0.6 is 0 Å². The summed E-state index contributed by atoms with van der Waals surface area (Å²) in [6.07, 6.45) is 1.88. The second kappa shape index (κ2) is 10.0. The summed E-state index contributed by atoms with van der Waals surface area (Å²) in [4.78, 5) is 13.2. The number of aryl methyl sites for hydroxylation is 1. The molecule has 1 aliphatic rings. The predicted molar refractivity (Wildman–Crippen MR) is 176 cm³/mol. The Labute approximate surface area is 250 Å². The molecule has 0 amide bonds. The van der Waals surface area contributed by atoms with E-state index in [1.807, 2.05) is 42.6 Å². The normalized spacial score (nSPS) is 12.7. The molecule has 0 aliphatic carbocycles. The molecule has 6 heteroatoms. The quantitative estimate of drug-likeness (QED) is 0.210. The van der Waals surface area contributed by atoms with Gasteiger partial charge in [-0.3, -0.25) is 4.57 Å². The predicted octanol–water partition coefficient (Wildman–Crippen LogP) is 9.39. The van der Waals surface area contributed by atoms with Crippen LogP contribution in [0.2, 0.25) is 0 Å². The van der Waals surface area contributed by atoms with Crippen molar-refractivity contribution in [2.75, 3.05) is 22.1 Å². The van der Waals surface area contributed by atoms with Gasteiger partial charge < -0.3 is 4.90 Å². The van der Waals surface area contributed by atoms with Gasteiger partial charge >= 0.3 is 0 Å². The van der Waals surface area contributed by atoms with Crippen LogP contribution in [0.5, 0.6) is 0 Å². The minimum atomic E-state index is 0.908. The van der Waals surface area contributed by atoms with E-state index in [1.54, 1.807) is 5.06 Å². The van der Waals surface area contributed by atoms with E-state index in [0.29, 0.717) is 0 Å². The van der Waals surface area contributed by atoms with Gasteiger partial charge in [0, 0.05) is 41.1 Å². The maximum absolute atomic E-state index is 6.17. The van der Waals surface area contributed by atoms with Gasteiger partial charge in [-0.15, -0.1) is 4.94 Å². The number of hydrogen-bond donors (Lipinski definition) is 0. The molecule has 3 heterocycles. The van der Waals surface area contributed by atoms with Crippen LogP contribution in [0.1, 0.15) is 5.56 Å². The number of anilines is 6. The number of hydrogen-bond acceptors (Lipinski definition) is 5. The minimum Gasteiger partial charge on any atom is -0.310 e. The zero-order valence-electron chi connectivity index (χ0n) is 23.9. The average Bonchev–Trinajstić information content (AvgIpc) is 3.56. The molecule has 0 N–H and O–H groups in total. The highest BCUT2D eigenvalue weighted by Crippen LogP contribution is 2.44. The summed E-state index contributed by atoms with van der Waals surface area (Å²) in [6.45, 7) is 2.11. The van der Waals surface area contributed by atoms with Crippen molar-refractivity contribution in [3.63, 3.8) is 0 Å². The maximum Gasteiger partial charge on any atom is 0.137 e. The van der Waals surface area contributed by atoms with E-state index in [-0.39, 0.29) is 0 Å². The van der Waals surface area contributed by atoms with E-state index in [1.165, 1.54) is 16.3 Å². The summed E-state index contributed by atoms with van der Waals surface area (Å²) in [6, 6.07) is 46.6. The smallest absolute Gasteiger partial charge is 0.137 e. The number of para-hydroxylation sites is 4. The molecule has 208 valence electrons. The molecule has 5 aromatic carbocycles. The summed E-state index contributed by atoms with van der Waals surface area (Å²) in [5.41, 5.74) is 9.52. The Morgan fingerprint density at radius 3 is 2.19 bits per heavy atom. The molecule has 0 fully saturated rings. The van der Waals surface area contributed by atoms with Crippen molar-refractivity contribution in [2.45, 2.75) is 6.92 Å². The van der Waals surface area contributed by atoms with Gasteiger partial charge in [0.25, 0.3) is 0 Å². The van der Waals surface area contributed by atoms with Crippen LogP contribution in [0.25, 0.3) is 27.6 Å². The van der Waals surface area contributed by atoms with Crippen LogP contribution in [-0.2, 0) is 4.94 Å². The molecule has 0 saturated carbocycles. The van der Waals surface area contributed by atoms with Crippen molar-refractivity contribution in [1.29, 1.82) is 0 Å². The number of benzene rings is 5. The number of nitrogens with zero attached hydrogens (tertiary/aromatic N) is 5. The Kier molecular flexibility index (Phi) is 5.88. The minimum absolute atomic E-state index is 0.908. The highest BCUT2D eigenvalue weighted by Gasteiger charge is 2.27. The third kappa shape index (κ3) is 4.19. The lowest BCUT2D eigenvalue weighted by molar-refractivity contribution is 0.142. The highest BCUT2D eigenvalue weighted by molar-refractivity contribution is 6.10. The fraction of sp³-hybridized carbons (Fsp3) is 0.0541. The SMILES string of the molecule is Cc1ccnc(-n2c3ccccc3c3ccc(N(c4ccccc4)c4cccc(N5ON(C)c6ccccc65)c4)cc32)c1. The molecule has 43 heavy (non-hydrogen) atoms. The lowest BCUT2D eigenvalue weighted by atomic mass is 10.1. The number of hydroxylamine groups is 1. The highest BCUT2D eigenvalue weighted by atomic mass is 16.8. The van der Waals surface area contributed by atoms with Crippen LogP contribution in [0.4, 0.5) is 34.1 Å². The van der Waals surface area contributed by atoms with Crippen molar-refractivity contribution < 1.29 is 4.94 Å². The first-order valence-corrected chi connectivity index (χ1v) is 14.4. The molecule has 0 atom stereocenters. The van der Waals surface area contributed by atoms with Gasteiger partial charge in [0.05, 0.1) is 28.1 Å². The first-order chi connectivity index (χ1) is 21.2. The Morgan fingerprint density at radius 1 is 0.605 bits per heavy atom. The van der Waals surface area contributed by atoms with Crippen molar-refractivity contribution in [1.82, 2.24) is 9.55 Å². The third-order valence-corrected chi connectivity index (χ3v) is 8.03. The summed E-state index contributed by atoms with van der Waals surface area (Å²) in [5.74, 6) is 0.908. The molecule has 0 spiro atoms. The Hall–Kier alpha value is -5.59. The molecule has 0 unspecified atom stereocenters. The van der Waals surface area contributed by atoms with Crippen molar-refractivity contribution in [2.24, 2.45) is 0 Å². The molecule has 0 bridgehead atoms. The van der Waals surface area contributed by atoms with E-state index in [2.05, 4.69) is 126 Å². The largest absolute Gasteiger partial charge is 0.310 e. The van der Waals surface area contributed by atoms with Gasteiger partial charge in [0.15, 0.2) is 0 Å². The van der Waals surface area contributed by atoms with Gasteiger partial charge in [-0.1, -0.05) is 60.7 Å². The van der Waals surface area contributed by atoms with E-state index >= 15 is 0 Å². The number of pyridine rings is 1. The van der Waals surface area contributed by atoms with Gasteiger partial charge in [-0.05, 0) is 85.3 Å². The fourth-order valence-corrected chi connectivity index (χ4v) is 6.07. The number of rotatable bonds is 5. The third-order valence-electron chi connectivity index (χ3n) is 8.03. The second-order valence-corrected chi connectivity index (χ2v) is 10.8. The van der Waals surface area contributed by atoms with Crippen molar-refractivity contribution >= 4 is 55.9 Å². The molecule has 0 radical (unpaired) electrons. The fourth-order valence-electron chi connectivity index (χ4n) is 6.07. The average molecular weight is 560 g/mol. The lowest BCUT2D eigenvalue weighted by Gasteiger charge is -2.27. The van der Waals surface area contributed by atoms with Crippen LogP contribution in [0.15, 0.2) is 140 Å².